The van der Waals surface area contributed by atoms with Crippen LogP contribution in [0.2, 0.25) is 0 Å². The Labute approximate surface area is 89.8 Å². The van der Waals surface area contributed by atoms with Gasteiger partial charge in [-0.3, -0.25) is 4.79 Å². The lowest BCUT2D eigenvalue weighted by molar-refractivity contribution is -0.157. The summed E-state index contributed by atoms with van der Waals surface area (Å²) in [5.41, 5.74) is -1.43. The summed E-state index contributed by atoms with van der Waals surface area (Å²) >= 11 is 0. The minimum atomic E-state index is -1.06. The highest BCUT2D eigenvalue weighted by molar-refractivity contribution is 5.91. The average Bonchev–Trinajstić information content (AvgIpc) is 2.09. The van der Waals surface area contributed by atoms with Gasteiger partial charge in [0.25, 0.3) is 0 Å². The third kappa shape index (κ3) is 1.45. The minimum Gasteiger partial charge on any atom is -0.393 e. The third-order valence-electron chi connectivity index (χ3n) is 4.31. The average molecular weight is 210 g/mol. The van der Waals surface area contributed by atoms with E-state index >= 15 is 0 Å². The molecule has 0 aromatic heterocycles. The Morgan fingerprint density at radius 3 is 2.87 bits per heavy atom. The first-order valence-corrected chi connectivity index (χ1v) is 5.50. The highest BCUT2D eigenvalue weighted by atomic mass is 16.3. The zero-order chi connectivity index (χ0) is 11.3. The maximum absolute atomic E-state index is 11.4. The number of allylic oxidation sites excluding steroid dienone is 1. The summed E-state index contributed by atoms with van der Waals surface area (Å²) in [4.78, 5) is 11.4. The van der Waals surface area contributed by atoms with E-state index < -0.39 is 11.7 Å². The van der Waals surface area contributed by atoms with Crippen LogP contribution in [0.4, 0.5) is 0 Å². The van der Waals surface area contributed by atoms with Crippen LogP contribution in [0.1, 0.15) is 33.1 Å². The van der Waals surface area contributed by atoms with Crippen molar-refractivity contribution in [3.8, 4) is 0 Å². The van der Waals surface area contributed by atoms with Crippen LogP contribution in [0.3, 0.4) is 0 Å². The molecule has 0 spiro atoms. The lowest BCUT2D eigenvalue weighted by Crippen LogP contribution is -2.57. The quantitative estimate of drug-likeness (QED) is 0.628. The van der Waals surface area contributed by atoms with Gasteiger partial charge in [0, 0.05) is 18.3 Å². The number of aliphatic hydroxyl groups is 2. The molecule has 0 radical (unpaired) electrons. The molecule has 3 nitrogen and oxygen atoms in total. The van der Waals surface area contributed by atoms with Crippen LogP contribution < -0.4 is 0 Å². The molecular weight excluding hydrogens is 192 g/mol. The molecule has 0 aromatic rings. The number of rotatable bonds is 0. The Bertz CT molecular complexity index is 323. The molecule has 2 aliphatic rings. The predicted molar refractivity (Wildman–Crippen MR) is 56.2 cm³/mol. The Morgan fingerprint density at radius 2 is 2.20 bits per heavy atom. The molecular formula is C12H18O3. The summed E-state index contributed by atoms with van der Waals surface area (Å²) in [6, 6.07) is 0. The molecule has 15 heavy (non-hydrogen) atoms. The Hall–Kier alpha value is -0.670. The highest BCUT2D eigenvalue weighted by Gasteiger charge is 2.55. The van der Waals surface area contributed by atoms with Gasteiger partial charge in [0.15, 0.2) is 5.78 Å². The SMILES string of the molecule is CC1CC(O)CC2(O)CC(=O)C=CC12C. The second kappa shape index (κ2) is 3.16. The first kappa shape index (κ1) is 10.8. The number of ketones is 1. The molecule has 0 amide bonds. The maximum atomic E-state index is 11.4. The van der Waals surface area contributed by atoms with E-state index in [1.54, 1.807) is 6.08 Å². The van der Waals surface area contributed by atoms with Gasteiger partial charge in [-0.2, -0.15) is 0 Å². The zero-order valence-electron chi connectivity index (χ0n) is 9.23. The van der Waals surface area contributed by atoms with E-state index in [9.17, 15) is 15.0 Å². The van der Waals surface area contributed by atoms with Crippen molar-refractivity contribution in [3.63, 3.8) is 0 Å². The van der Waals surface area contributed by atoms with E-state index in [4.69, 9.17) is 0 Å². The van der Waals surface area contributed by atoms with E-state index in [1.807, 2.05) is 19.9 Å². The Kier molecular flexibility index (Phi) is 2.28. The molecule has 0 bridgehead atoms. The minimum absolute atomic E-state index is 0.0451. The number of hydrogen-bond acceptors (Lipinski definition) is 3. The summed E-state index contributed by atoms with van der Waals surface area (Å²) < 4.78 is 0. The fraction of sp³-hybridized carbons (Fsp3) is 0.750. The molecule has 4 unspecified atom stereocenters. The van der Waals surface area contributed by atoms with Crippen molar-refractivity contribution in [2.75, 3.05) is 0 Å². The summed E-state index contributed by atoms with van der Waals surface area (Å²) in [7, 11) is 0. The van der Waals surface area contributed by atoms with Crippen molar-refractivity contribution >= 4 is 5.78 Å². The first-order valence-electron chi connectivity index (χ1n) is 5.50. The Balaban J connectivity index is 2.42. The van der Waals surface area contributed by atoms with Crippen molar-refractivity contribution in [2.45, 2.75) is 44.8 Å². The van der Waals surface area contributed by atoms with Crippen molar-refractivity contribution in [1.29, 1.82) is 0 Å². The molecule has 4 atom stereocenters. The van der Waals surface area contributed by atoms with Gasteiger partial charge in [-0.05, 0) is 18.4 Å². The van der Waals surface area contributed by atoms with Gasteiger partial charge in [0.05, 0.1) is 11.7 Å². The van der Waals surface area contributed by atoms with Crippen LogP contribution in [-0.2, 0) is 4.79 Å². The van der Waals surface area contributed by atoms with Gasteiger partial charge in [0.2, 0.25) is 0 Å². The molecule has 0 aliphatic heterocycles. The molecule has 2 rings (SSSR count). The van der Waals surface area contributed by atoms with Crippen molar-refractivity contribution in [3.05, 3.63) is 12.2 Å². The van der Waals surface area contributed by atoms with Crippen LogP contribution in [-0.4, -0.2) is 27.7 Å². The first-order chi connectivity index (χ1) is 6.87. The van der Waals surface area contributed by atoms with Crippen molar-refractivity contribution < 1.29 is 15.0 Å². The largest absolute Gasteiger partial charge is 0.393 e. The zero-order valence-corrected chi connectivity index (χ0v) is 9.23. The van der Waals surface area contributed by atoms with Crippen LogP contribution in [0.5, 0.6) is 0 Å². The standard InChI is InChI=1S/C12H18O3/c1-8-5-10(14)7-12(15)6-9(13)3-4-11(8,12)2/h3-4,8,10,14-15H,5-7H2,1-2H3. The topological polar surface area (TPSA) is 57.5 Å². The lowest BCUT2D eigenvalue weighted by Gasteiger charge is -2.53. The monoisotopic (exact) mass is 210 g/mol. The summed E-state index contributed by atoms with van der Waals surface area (Å²) in [5.74, 6) is 0.145. The molecule has 3 heteroatoms. The fourth-order valence-corrected chi connectivity index (χ4v) is 3.00. The number of carbonyl (C=O) groups excluding carboxylic acids is 1. The normalized spacial score (nSPS) is 50.3. The maximum Gasteiger partial charge on any atom is 0.158 e. The lowest BCUT2D eigenvalue weighted by atomic mass is 9.55. The summed E-state index contributed by atoms with van der Waals surface area (Å²) in [6.07, 6.45) is 4.05. The van der Waals surface area contributed by atoms with Crippen LogP contribution in [0, 0.1) is 11.3 Å². The summed E-state index contributed by atoms with van der Waals surface area (Å²) in [6.45, 7) is 4.00. The van der Waals surface area contributed by atoms with Crippen LogP contribution in [0.15, 0.2) is 12.2 Å². The van der Waals surface area contributed by atoms with E-state index in [2.05, 4.69) is 0 Å². The smallest absolute Gasteiger partial charge is 0.158 e. The van der Waals surface area contributed by atoms with Gasteiger partial charge in [-0.15, -0.1) is 0 Å². The van der Waals surface area contributed by atoms with Crippen molar-refractivity contribution in [1.82, 2.24) is 0 Å². The molecule has 0 heterocycles. The molecule has 0 aromatic carbocycles. The number of fused-ring (bicyclic) bond motifs is 1. The van der Waals surface area contributed by atoms with E-state index in [1.165, 1.54) is 0 Å². The second-order valence-electron chi connectivity index (χ2n) is 5.29. The summed E-state index contributed by atoms with van der Waals surface area (Å²) in [5, 5.41) is 20.2. The number of carbonyl (C=O) groups is 1. The van der Waals surface area contributed by atoms with Gasteiger partial charge >= 0.3 is 0 Å². The van der Waals surface area contributed by atoms with Crippen LogP contribution >= 0.6 is 0 Å². The van der Waals surface area contributed by atoms with E-state index in [0.717, 1.165) is 0 Å². The molecule has 1 fully saturated rings. The Morgan fingerprint density at radius 1 is 1.53 bits per heavy atom. The highest BCUT2D eigenvalue weighted by Crippen LogP contribution is 2.52. The van der Waals surface area contributed by atoms with Gasteiger partial charge in [-0.25, -0.2) is 0 Å². The third-order valence-corrected chi connectivity index (χ3v) is 4.31. The van der Waals surface area contributed by atoms with Gasteiger partial charge < -0.3 is 10.2 Å². The number of hydrogen-bond donors (Lipinski definition) is 2. The van der Waals surface area contributed by atoms with Crippen LogP contribution in [0.25, 0.3) is 0 Å². The second-order valence-corrected chi connectivity index (χ2v) is 5.29. The van der Waals surface area contributed by atoms with Gasteiger partial charge in [0.1, 0.15) is 0 Å². The van der Waals surface area contributed by atoms with E-state index in [-0.39, 0.29) is 23.5 Å². The molecule has 84 valence electrons. The predicted octanol–water partition coefficient (Wildman–Crippen LogP) is 1.04. The molecule has 1 saturated carbocycles. The van der Waals surface area contributed by atoms with E-state index in [0.29, 0.717) is 12.8 Å². The molecule has 0 saturated heterocycles. The molecule has 2 N–H and O–H groups in total. The number of aliphatic hydroxyl groups excluding tert-OH is 1. The molecule has 2 aliphatic carbocycles. The van der Waals surface area contributed by atoms with Gasteiger partial charge in [-0.1, -0.05) is 19.9 Å². The fourth-order valence-electron chi connectivity index (χ4n) is 3.00. The van der Waals surface area contributed by atoms with Crippen molar-refractivity contribution in [2.24, 2.45) is 11.3 Å².